The van der Waals surface area contributed by atoms with E-state index in [0.717, 1.165) is 35.7 Å². The number of aromatic nitrogens is 1. The van der Waals surface area contributed by atoms with Gasteiger partial charge < -0.3 is 14.8 Å². The molecule has 0 saturated carbocycles. The molecule has 1 atom stereocenters. The molecule has 0 spiro atoms. The molecule has 0 fully saturated rings. The minimum absolute atomic E-state index is 0.0535. The van der Waals surface area contributed by atoms with Crippen LogP contribution in [0.1, 0.15) is 30.5 Å². The highest BCUT2D eigenvalue weighted by atomic mass is 16.5. The van der Waals surface area contributed by atoms with E-state index in [4.69, 9.17) is 9.47 Å². The summed E-state index contributed by atoms with van der Waals surface area (Å²) in [5.41, 5.74) is 2.20. The second-order valence-electron chi connectivity index (χ2n) is 4.80. The van der Waals surface area contributed by atoms with E-state index < -0.39 is 0 Å². The number of nitrogens with one attached hydrogen (secondary N) is 1. The van der Waals surface area contributed by atoms with Crippen LogP contribution in [0.15, 0.2) is 42.7 Å². The van der Waals surface area contributed by atoms with Crippen molar-refractivity contribution in [2.75, 3.05) is 20.8 Å². The van der Waals surface area contributed by atoms with Crippen molar-refractivity contribution in [3.63, 3.8) is 0 Å². The number of hydrogen-bond acceptors (Lipinski definition) is 4. The summed E-state index contributed by atoms with van der Waals surface area (Å²) >= 11 is 0. The molecule has 1 aromatic heterocycles. The summed E-state index contributed by atoms with van der Waals surface area (Å²) in [6, 6.07) is 10.2. The van der Waals surface area contributed by atoms with Gasteiger partial charge in [0.1, 0.15) is 11.5 Å². The molecule has 0 radical (unpaired) electrons. The van der Waals surface area contributed by atoms with E-state index in [1.54, 1.807) is 13.3 Å². The molecule has 0 bridgehead atoms. The third kappa shape index (κ3) is 3.95. The summed E-state index contributed by atoms with van der Waals surface area (Å²) in [5.74, 6) is 1.65. The molecule has 1 aromatic carbocycles. The highest BCUT2D eigenvalue weighted by Gasteiger charge is 2.14. The van der Waals surface area contributed by atoms with E-state index in [1.165, 1.54) is 0 Å². The van der Waals surface area contributed by atoms with E-state index >= 15 is 0 Å². The van der Waals surface area contributed by atoms with Gasteiger partial charge in [0.15, 0.2) is 0 Å². The average Bonchev–Trinajstić information content (AvgIpc) is 2.54. The van der Waals surface area contributed by atoms with Crippen LogP contribution < -0.4 is 14.8 Å². The lowest BCUT2D eigenvalue weighted by Gasteiger charge is -2.18. The van der Waals surface area contributed by atoms with Crippen molar-refractivity contribution < 1.29 is 9.47 Å². The highest BCUT2D eigenvalue weighted by molar-refractivity contribution is 5.37. The minimum atomic E-state index is 0.0535. The smallest absolute Gasteiger partial charge is 0.137 e. The molecule has 1 heterocycles. The van der Waals surface area contributed by atoms with Gasteiger partial charge >= 0.3 is 0 Å². The fourth-order valence-corrected chi connectivity index (χ4v) is 2.23. The van der Waals surface area contributed by atoms with E-state index in [0.29, 0.717) is 0 Å². The molecular weight excluding hydrogens is 264 g/mol. The summed E-state index contributed by atoms with van der Waals surface area (Å²) in [6.45, 7) is 2.83. The zero-order valence-electron chi connectivity index (χ0n) is 12.8. The summed E-state index contributed by atoms with van der Waals surface area (Å²) in [5, 5.41) is 3.32. The molecule has 1 N–H and O–H groups in total. The van der Waals surface area contributed by atoms with E-state index in [1.807, 2.05) is 31.4 Å². The first-order valence-electron chi connectivity index (χ1n) is 7.17. The maximum Gasteiger partial charge on any atom is 0.137 e. The number of benzene rings is 1. The molecule has 21 heavy (non-hydrogen) atoms. The SMILES string of the molecule is CCCOc1cccc(C(NC)c2cncc(OC)c2)c1. The normalized spacial score (nSPS) is 12.0. The summed E-state index contributed by atoms with van der Waals surface area (Å²) < 4.78 is 11.0. The molecule has 0 aliphatic heterocycles. The molecule has 112 valence electrons. The van der Waals surface area contributed by atoms with Crippen molar-refractivity contribution in [1.29, 1.82) is 0 Å². The van der Waals surface area contributed by atoms with Gasteiger partial charge in [-0.05, 0) is 42.8 Å². The molecule has 0 saturated heterocycles. The number of ether oxygens (including phenoxy) is 2. The Bertz CT molecular complexity index is 572. The molecule has 2 rings (SSSR count). The van der Waals surface area contributed by atoms with E-state index in [2.05, 4.69) is 29.4 Å². The Hall–Kier alpha value is -2.07. The lowest BCUT2D eigenvalue weighted by molar-refractivity contribution is 0.317. The van der Waals surface area contributed by atoms with Gasteiger partial charge in [0, 0.05) is 6.20 Å². The van der Waals surface area contributed by atoms with Gasteiger partial charge in [0.2, 0.25) is 0 Å². The minimum Gasteiger partial charge on any atom is -0.495 e. The predicted molar refractivity (Wildman–Crippen MR) is 83.9 cm³/mol. The molecular formula is C17H22N2O2. The monoisotopic (exact) mass is 286 g/mol. The second kappa shape index (κ2) is 7.64. The van der Waals surface area contributed by atoms with Gasteiger partial charge in [-0.3, -0.25) is 4.98 Å². The van der Waals surface area contributed by atoms with Crippen molar-refractivity contribution in [2.45, 2.75) is 19.4 Å². The largest absolute Gasteiger partial charge is 0.495 e. The van der Waals surface area contributed by atoms with Crippen LogP contribution in [0.3, 0.4) is 0 Å². The predicted octanol–water partition coefficient (Wildman–Crippen LogP) is 3.19. The van der Waals surface area contributed by atoms with E-state index in [9.17, 15) is 0 Å². The standard InChI is InChI=1S/C17H22N2O2/c1-4-8-21-15-7-5-6-13(9-15)17(18-2)14-10-16(20-3)12-19-11-14/h5-7,9-12,17-18H,4,8H2,1-3H3. The van der Waals surface area contributed by atoms with Gasteiger partial charge in [0.05, 0.1) is 26.0 Å². The van der Waals surface area contributed by atoms with Crippen LogP contribution in [0, 0.1) is 0 Å². The lowest BCUT2D eigenvalue weighted by atomic mass is 10.00. The maximum atomic E-state index is 5.70. The first kappa shape index (κ1) is 15.3. The maximum absolute atomic E-state index is 5.70. The fraction of sp³-hybridized carbons (Fsp3) is 0.353. The number of rotatable bonds is 7. The van der Waals surface area contributed by atoms with Crippen LogP contribution in [-0.4, -0.2) is 25.7 Å². The Kier molecular flexibility index (Phi) is 5.58. The zero-order chi connectivity index (χ0) is 15.1. The van der Waals surface area contributed by atoms with Crippen LogP contribution in [0.25, 0.3) is 0 Å². The topological polar surface area (TPSA) is 43.4 Å². The van der Waals surface area contributed by atoms with Crippen molar-refractivity contribution in [3.05, 3.63) is 53.9 Å². The molecule has 0 aliphatic rings. The van der Waals surface area contributed by atoms with Crippen LogP contribution >= 0.6 is 0 Å². The third-order valence-corrected chi connectivity index (χ3v) is 3.26. The van der Waals surface area contributed by atoms with Crippen LogP contribution in [-0.2, 0) is 0 Å². The van der Waals surface area contributed by atoms with Gasteiger partial charge in [-0.25, -0.2) is 0 Å². The molecule has 0 amide bonds. The summed E-state index contributed by atoms with van der Waals surface area (Å²) in [7, 11) is 3.58. The van der Waals surface area contributed by atoms with Crippen LogP contribution in [0.5, 0.6) is 11.5 Å². The van der Waals surface area contributed by atoms with Crippen molar-refractivity contribution in [1.82, 2.24) is 10.3 Å². The first-order chi connectivity index (χ1) is 10.3. The molecule has 1 unspecified atom stereocenters. The lowest BCUT2D eigenvalue weighted by Crippen LogP contribution is -2.18. The Balaban J connectivity index is 2.27. The number of hydrogen-bond donors (Lipinski definition) is 1. The first-order valence-corrected chi connectivity index (χ1v) is 7.17. The number of methoxy groups -OCH3 is 1. The van der Waals surface area contributed by atoms with Crippen molar-refractivity contribution >= 4 is 0 Å². The number of pyridine rings is 1. The molecule has 2 aromatic rings. The van der Waals surface area contributed by atoms with Crippen molar-refractivity contribution in [3.8, 4) is 11.5 Å². The van der Waals surface area contributed by atoms with Crippen LogP contribution in [0.4, 0.5) is 0 Å². The Labute approximate surface area is 126 Å². The Morgan fingerprint density at radius 3 is 2.67 bits per heavy atom. The fourth-order valence-electron chi connectivity index (χ4n) is 2.23. The quantitative estimate of drug-likeness (QED) is 0.849. The van der Waals surface area contributed by atoms with Gasteiger partial charge in [-0.1, -0.05) is 19.1 Å². The Morgan fingerprint density at radius 1 is 1.14 bits per heavy atom. The van der Waals surface area contributed by atoms with E-state index in [-0.39, 0.29) is 6.04 Å². The van der Waals surface area contributed by atoms with Gasteiger partial charge in [0.25, 0.3) is 0 Å². The summed E-state index contributed by atoms with van der Waals surface area (Å²) in [4.78, 5) is 4.23. The molecule has 0 aliphatic carbocycles. The van der Waals surface area contributed by atoms with Crippen molar-refractivity contribution in [2.24, 2.45) is 0 Å². The third-order valence-electron chi connectivity index (χ3n) is 3.26. The molecule has 4 nitrogen and oxygen atoms in total. The molecule has 4 heteroatoms. The van der Waals surface area contributed by atoms with Crippen LogP contribution in [0.2, 0.25) is 0 Å². The zero-order valence-corrected chi connectivity index (χ0v) is 12.8. The van der Waals surface area contributed by atoms with Gasteiger partial charge in [-0.15, -0.1) is 0 Å². The second-order valence-corrected chi connectivity index (χ2v) is 4.80. The van der Waals surface area contributed by atoms with Gasteiger partial charge in [-0.2, -0.15) is 0 Å². The highest BCUT2D eigenvalue weighted by Crippen LogP contribution is 2.26. The summed E-state index contributed by atoms with van der Waals surface area (Å²) in [6.07, 6.45) is 4.56. The average molecular weight is 286 g/mol. The Morgan fingerprint density at radius 2 is 1.95 bits per heavy atom. The number of nitrogens with zero attached hydrogens (tertiary/aromatic N) is 1.